The second kappa shape index (κ2) is 6.07. The van der Waals surface area contributed by atoms with Gasteiger partial charge in [0.25, 0.3) is 0 Å². The van der Waals surface area contributed by atoms with Crippen LogP contribution in [0, 0.1) is 0 Å². The van der Waals surface area contributed by atoms with Crippen LogP contribution in [0.4, 0.5) is 5.69 Å². The van der Waals surface area contributed by atoms with Crippen LogP contribution in [-0.4, -0.2) is 14.2 Å². The van der Waals surface area contributed by atoms with Crippen molar-refractivity contribution >= 4 is 42.8 Å². The minimum absolute atomic E-state index is 0.128. The molecular formula is C13H14BrNO2S2. The number of hydrogen-bond donors (Lipinski definition) is 1. The Morgan fingerprint density at radius 3 is 2.47 bits per heavy atom. The average molecular weight is 360 g/mol. The first-order valence-electron chi connectivity index (χ1n) is 5.81. The van der Waals surface area contributed by atoms with E-state index in [9.17, 15) is 8.42 Å². The van der Waals surface area contributed by atoms with Gasteiger partial charge in [0.1, 0.15) is 0 Å². The lowest BCUT2D eigenvalue weighted by Gasteiger charge is -2.06. The largest absolute Gasteiger partial charge is 0.380 e. The summed E-state index contributed by atoms with van der Waals surface area (Å²) in [5.74, 6) is 0.128. The average Bonchev–Trinajstić information content (AvgIpc) is 2.83. The van der Waals surface area contributed by atoms with E-state index >= 15 is 0 Å². The molecule has 0 radical (unpaired) electrons. The van der Waals surface area contributed by atoms with Crippen molar-refractivity contribution in [1.29, 1.82) is 0 Å². The van der Waals surface area contributed by atoms with Gasteiger partial charge in [-0.15, -0.1) is 11.3 Å². The van der Waals surface area contributed by atoms with Crippen LogP contribution < -0.4 is 5.32 Å². The highest BCUT2D eigenvalue weighted by atomic mass is 79.9. The number of anilines is 1. The summed E-state index contributed by atoms with van der Waals surface area (Å²) in [5.41, 5.74) is 0.916. The molecule has 2 rings (SSSR count). The second-order valence-electron chi connectivity index (χ2n) is 4.01. The molecule has 0 bridgehead atoms. The maximum atomic E-state index is 11.7. The molecule has 0 amide bonds. The fourth-order valence-electron chi connectivity index (χ4n) is 1.58. The molecule has 102 valence electrons. The summed E-state index contributed by atoms with van der Waals surface area (Å²) in [6, 6.07) is 8.95. The number of hydrogen-bond acceptors (Lipinski definition) is 4. The molecule has 0 saturated carbocycles. The Morgan fingerprint density at radius 1 is 1.26 bits per heavy atom. The van der Waals surface area contributed by atoms with E-state index in [-0.39, 0.29) is 5.75 Å². The first-order chi connectivity index (χ1) is 9.01. The zero-order valence-corrected chi connectivity index (χ0v) is 13.6. The van der Waals surface area contributed by atoms with E-state index < -0.39 is 9.84 Å². The quantitative estimate of drug-likeness (QED) is 0.879. The number of benzene rings is 1. The lowest BCUT2D eigenvalue weighted by molar-refractivity contribution is 0.597. The van der Waals surface area contributed by atoms with Crippen LogP contribution in [0.2, 0.25) is 0 Å². The molecule has 0 aliphatic carbocycles. The van der Waals surface area contributed by atoms with Crippen LogP contribution in [0.1, 0.15) is 11.8 Å². The van der Waals surface area contributed by atoms with Crippen LogP contribution in [-0.2, 0) is 16.4 Å². The Bertz CT molecular complexity index is 648. The fourth-order valence-corrected chi connectivity index (χ4v) is 3.86. The number of sulfone groups is 1. The molecular weight excluding hydrogens is 346 g/mol. The molecule has 1 aromatic carbocycles. The van der Waals surface area contributed by atoms with Gasteiger partial charge in [-0.05, 0) is 46.3 Å². The van der Waals surface area contributed by atoms with Gasteiger partial charge < -0.3 is 5.32 Å². The summed E-state index contributed by atoms with van der Waals surface area (Å²) >= 11 is 5.09. The van der Waals surface area contributed by atoms with Crippen molar-refractivity contribution in [2.45, 2.75) is 18.4 Å². The van der Waals surface area contributed by atoms with Gasteiger partial charge in [0, 0.05) is 27.0 Å². The molecule has 2 aromatic rings. The van der Waals surface area contributed by atoms with Gasteiger partial charge in [-0.1, -0.05) is 6.92 Å². The van der Waals surface area contributed by atoms with Crippen LogP contribution in [0.3, 0.4) is 0 Å². The summed E-state index contributed by atoms with van der Waals surface area (Å²) in [5, 5.41) is 5.30. The second-order valence-corrected chi connectivity index (χ2v) is 8.20. The van der Waals surface area contributed by atoms with Gasteiger partial charge in [0.05, 0.1) is 10.6 Å². The predicted molar refractivity (Wildman–Crippen MR) is 83.5 cm³/mol. The summed E-state index contributed by atoms with van der Waals surface area (Å²) in [6.45, 7) is 2.38. The monoisotopic (exact) mass is 359 g/mol. The first kappa shape index (κ1) is 14.6. The van der Waals surface area contributed by atoms with Crippen molar-refractivity contribution in [3.8, 4) is 0 Å². The lowest BCUT2D eigenvalue weighted by Crippen LogP contribution is -2.04. The van der Waals surface area contributed by atoms with E-state index in [1.807, 2.05) is 5.38 Å². The van der Waals surface area contributed by atoms with E-state index in [0.717, 1.165) is 16.7 Å². The van der Waals surface area contributed by atoms with Gasteiger partial charge in [0.2, 0.25) is 0 Å². The molecule has 0 spiro atoms. The molecule has 1 heterocycles. The summed E-state index contributed by atoms with van der Waals surface area (Å²) in [4.78, 5) is 1.59. The number of halogens is 1. The number of thiophene rings is 1. The van der Waals surface area contributed by atoms with Crippen LogP contribution in [0.15, 0.2) is 45.1 Å². The van der Waals surface area contributed by atoms with Crippen molar-refractivity contribution in [3.05, 3.63) is 45.1 Å². The van der Waals surface area contributed by atoms with Crippen molar-refractivity contribution in [2.24, 2.45) is 0 Å². The van der Waals surface area contributed by atoms with E-state index in [4.69, 9.17) is 0 Å². The molecule has 1 aromatic heterocycles. The standard InChI is InChI=1S/C13H14BrNO2S2/c1-2-19(16,17)13-5-3-11(4-6-13)15-8-12-7-10(14)9-18-12/h3-7,9,15H,2,8H2,1H3. The molecule has 0 aliphatic rings. The number of nitrogens with one attached hydrogen (secondary N) is 1. The molecule has 0 atom stereocenters. The Hall–Kier alpha value is -0.850. The molecule has 6 heteroatoms. The Morgan fingerprint density at radius 2 is 1.95 bits per heavy atom. The highest BCUT2D eigenvalue weighted by molar-refractivity contribution is 9.10. The smallest absolute Gasteiger partial charge is 0.178 e. The van der Waals surface area contributed by atoms with Crippen molar-refractivity contribution < 1.29 is 8.42 Å². The SMILES string of the molecule is CCS(=O)(=O)c1ccc(NCc2cc(Br)cs2)cc1. The summed E-state index contributed by atoms with van der Waals surface area (Å²) in [6.07, 6.45) is 0. The highest BCUT2D eigenvalue weighted by Gasteiger charge is 2.10. The van der Waals surface area contributed by atoms with Gasteiger partial charge in [-0.3, -0.25) is 0 Å². The Balaban J connectivity index is 2.03. The maximum Gasteiger partial charge on any atom is 0.178 e. The van der Waals surface area contributed by atoms with Crippen molar-refractivity contribution in [1.82, 2.24) is 0 Å². The third-order valence-electron chi connectivity index (χ3n) is 2.68. The van der Waals surface area contributed by atoms with E-state index in [1.165, 1.54) is 4.88 Å². The normalized spacial score (nSPS) is 11.5. The minimum atomic E-state index is -3.11. The number of rotatable bonds is 5. The van der Waals surface area contributed by atoms with Crippen molar-refractivity contribution in [3.63, 3.8) is 0 Å². The molecule has 0 aliphatic heterocycles. The zero-order chi connectivity index (χ0) is 13.9. The summed E-state index contributed by atoms with van der Waals surface area (Å²) in [7, 11) is -3.11. The first-order valence-corrected chi connectivity index (χ1v) is 9.13. The van der Waals surface area contributed by atoms with Crippen LogP contribution in [0.25, 0.3) is 0 Å². The third-order valence-corrected chi connectivity index (χ3v) is 6.13. The highest BCUT2D eigenvalue weighted by Crippen LogP contribution is 2.21. The van der Waals surface area contributed by atoms with Gasteiger partial charge >= 0.3 is 0 Å². The van der Waals surface area contributed by atoms with E-state index in [1.54, 1.807) is 42.5 Å². The fraction of sp³-hybridized carbons (Fsp3) is 0.231. The predicted octanol–water partition coefficient (Wildman–Crippen LogP) is 3.92. The van der Waals surface area contributed by atoms with Gasteiger partial charge in [-0.2, -0.15) is 0 Å². The molecule has 0 fully saturated rings. The third kappa shape index (κ3) is 3.81. The summed E-state index contributed by atoms with van der Waals surface area (Å²) < 4.78 is 24.4. The molecule has 0 unspecified atom stereocenters. The maximum absolute atomic E-state index is 11.7. The van der Waals surface area contributed by atoms with E-state index in [2.05, 4.69) is 27.3 Å². The Kier molecular flexibility index (Phi) is 4.65. The van der Waals surface area contributed by atoms with Gasteiger partial charge in [-0.25, -0.2) is 8.42 Å². The zero-order valence-electron chi connectivity index (χ0n) is 10.4. The van der Waals surface area contributed by atoms with Crippen molar-refractivity contribution in [2.75, 3.05) is 11.1 Å². The van der Waals surface area contributed by atoms with Crippen LogP contribution in [0.5, 0.6) is 0 Å². The topological polar surface area (TPSA) is 46.2 Å². The molecule has 3 nitrogen and oxygen atoms in total. The molecule has 1 N–H and O–H groups in total. The Labute approximate surface area is 125 Å². The minimum Gasteiger partial charge on any atom is -0.380 e. The van der Waals surface area contributed by atoms with Crippen LogP contribution >= 0.6 is 27.3 Å². The lowest BCUT2D eigenvalue weighted by atomic mass is 10.3. The van der Waals surface area contributed by atoms with Gasteiger partial charge in [0.15, 0.2) is 9.84 Å². The van der Waals surface area contributed by atoms with E-state index in [0.29, 0.717) is 4.90 Å². The molecule has 19 heavy (non-hydrogen) atoms. The molecule has 0 saturated heterocycles.